The quantitative estimate of drug-likeness (QED) is 0.454. The number of hydrogen-bond donors (Lipinski definition) is 2. The number of nitrogens with zero attached hydrogens (tertiary/aromatic N) is 2. The number of hydrogen-bond acceptors (Lipinski definition) is 4. The summed E-state index contributed by atoms with van der Waals surface area (Å²) in [6, 6.07) is 16.2. The van der Waals surface area contributed by atoms with Crippen LogP contribution in [-0.2, 0) is 6.54 Å². The minimum Gasteiger partial charge on any atom is -0.367 e. The molecule has 4 nitrogen and oxygen atoms in total. The van der Waals surface area contributed by atoms with Gasteiger partial charge in [0.2, 0.25) is 0 Å². The van der Waals surface area contributed by atoms with E-state index < -0.39 is 0 Å². The van der Waals surface area contributed by atoms with Gasteiger partial charge < -0.3 is 10.6 Å². The number of nitrogens with one attached hydrogen (secondary N) is 2. The summed E-state index contributed by atoms with van der Waals surface area (Å²) in [5, 5.41) is 8.23. The van der Waals surface area contributed by atoms with E-state index in [1.54, 1.807) is 6.20 Å². The summed E-state index contributed by atoms with van der Waals surface area (Å²) in [7, 11) is 0. The SMILES string of the molecule is Clc1ccccc1CNc1cccc(-c2cc(NC3CCCCC3)ncc2Cl)n1. The van der Waals surface area contributed by atoms with E-state index in [-0.39, 0.29) is 0 Å². The molecule has 0 saturated heterocycles. The van der Waals surface area contributed by atoms with Crippen molar-refractivity contribution < 1.29 is 0 Å². The van der Waals surface area contributed by atoms with E-state index in [2.05, 4.69) is 15.6 Å². The molecule has 2 heterocycles. The van der Waals surface area contributed by atoms with E-state index in [4.69, 9.17) is 28.2 Å². The summed E-state index contributed by atoms with van der Waals surface area (Å²) in [5.74, 6) is 1.63. The van der Waals surface area contributed by atoms with Crippen molar-refractivity contribution in [3.05, 3.63) is 70.3 Å². The van der Waals surface area contributed by atoms with Gasteiger partial charge in [-0.1, -0.05) is 66.7 Å². The van der Waals surface area contributed by atoms with Crippen molar-refractivity contribution in [2.75, 3.05) is 10.6 Å². The van der Waals surface area contributed by atoms with Crippen LogP contribution in [0.2, 0.25) is 10.0 Å². The minimum atomic E-state index is 0.488. The number of halogens is 2. The first-order valence-electron chi connectivity index (χ1n) is 10.1. The molecular weight excluding hydrogens is 403 g/mol. The molecule has 1 fully saturated rings. The third kappa shape index (κ3) is 5.20. The predicted octanol–water partition coefficient (Wildman–Crippen LogP) is 6.81. The summed E-state index contributed by atoms with van der Waals surface area (Å²) >= 11 is 12.7. The van der Waals surface area contributed by atoms with Crippen molar-refractivity contribution in [2.45, 2.75) is 44.7 Å². The highest BCUT2D eigenvalue weighted by molar-refractivity contribution is 6.33. The maximum Gasteiger partial charge on any atom is 0.126 e. The lowest BCUT2D eigenvalue weighted by Gasteiger charge is -2.23. The second-order valence-electron chi connectivity index (χ2n) is 7.38. The Balaban J connectivity index is 1.51. The van der Waals surface area contributed by atoms with Gasteiger partial charge in [0.15, 0.2) is 0 Å². The Morgan fingerprint density at radius 2 is 1.72 bits per heavy atom. The molecule has 0 aliphatic heterocycles. The lowest BCUT2D eigenvalue weighted by Crippen LogP contribution is -2.22. The number of benzene rings is 1. The first-order valence-corrected chi connectivity index (χ1v) is 10.8. The molecule has 29 heavy (non-hydrogen) atoms. The maximum absolute atomic E-state index is 6.45. The van der Waals surface area contributed by atoms with Crippen molar-refractivity contribution in [3.63, 3.8) is 0 Å². The van der Waals surface area contributed by atoms with E-state index in [9.17, 15) is 0 Å². The van der Waals surface area contributed by atoms with E-state index in [0.29, 0.717) is 17.6 Å². The molecule has 0 atom stereocenters. The molecule has 1 aromatic carbocycles. The number of pyridine rings is 2. The highest BCUT2D eigenvalue weighted by Gasteiger charge is 2.15. The normalized spacial score (nSPS) is 14.6. The summed E-state index contributed by atoms with van der Waals surface area (Å²) in [6.07, 6.45) is 7.97. The van der Waals surface area contributed by atoms with Gasteiger partial charge in [0.25, 0.3) is 0 Å². The zero-order valence-corrected chi connectivity index (χ0v) is 17.7. The van der Waals surface area contributed by atoms with E-state index >= 15 is 0 Å². The second-order valence-corrected chi connectivity index (χ2v) is 8.20. The van der Waals surface area contributed by atoms with Gasteiger partial charge >= 0.3 is 0 Å². The van der Waals surface area contributed by atoms with E-state index in [1.165, 1.54) is 32.1 Å². The van der Waals surface area contributed by atoms with Crippen molar-refractivity contribution in [1.82, 2.24) is 9.97 Å². The average Bonchev–Trinajstić information content (AvgIpc) is 2.75. The zero-order chi connectivity index (χ0) is 20.1. The fourth-order valence-corrected chi connectivity index (χ4v) is 4.08. The Morgan fingerprint density at radius 1 is 0.897 bits per heavy atom. The largest absolute Gasteiger partial charge is 0.367 e. The highest BCUT2D eigenvalue weighted by Crippen LogP contribution is 2.30. The predicted molar refractivity (Wildman–Crippen MR) is 122 cm³/mol. The van der Waals surface area contributed by atoms with Crippen molar-refractivity contribution in [2.24, 2.45) is 0 Å². The van der Waals surface area contributed by atoms with Crippen LogP contribution in [-0.4, -0.2) is 16.0 Å². The van der Waals surface area contributed by atoms with Gasteiger partial charge in [-0.05, 0) is 42.7 Å². The van der Waals surface area contributed by atoms with Crippen molar-refractivity contribution in [3.8, 4) is 11.3 Å². The molecular formula is C23H24Cl2N4. The van der Waals surface area contributed by atoms with Gasteiger partial charge in [-0.25, -0.2) is 9.97 Å². The monoisotopic (exact) mass is 426 g/mol. The van der Waals surface area contributed by atoms with Gasteiger partial charge in [0.1, 0.15) is 11.6 Å². The van der Waals surface area contributed by atoms with Crippen LogP contribution >= 0.6 is 23.2 Å². The maximum atomic E-state index is 6.45. The Kier molecular flexibility index (Phi) is 6.53. The summed E-state index contributed by atoms with van der Waals surface area (Å²) in [4.78, 5) is 9.21. The molecule has 0 radical (unpaired) electrons. The fourth-order valence-electron chi connectivity index (χ4n) is 3.68. The molecule has 4 rings (SSSR count). The zero-order valence-electron chi connectivity index (χ0n) is 16.2. The molecule has 6 heteroatoms. The van der Waals surface area contributed by atoms with Gasteiger partial charge in [-0.2, -0.15) is 0 Å². The Labute approximate surface area is 181 Å². The molecule has 0 spiro atoms. The Morgan fingerprint density at radius 3 is 2.55 bits per heavy atom. The van der Waals surface area contributed by atoms with E-state index in [0.717, 1.165) is 33.5 Å². The van der Waals surface area contributed by atoms with Gasteiger partial charge in [-0.3, -0.25) is 0 Å². The third-order valence-electron chi connectivity index (χ3n) is 5.26. The lowest BCUT2D eigenvalue weighted by atomic mass is 9.95. The van der Waals surface area contributed by atoms with Crippen LogP contribution in [0.15, 0.2) is 54.7 Å². The minimum absolute atomic E-state index is 0.488. The summed E-state index contributed by atoms with van der Waals surface area (Å²) < 4.78 is 0. The van der Waals surface area contributed by atoms with Crippen LogP contribution in [0.3, 0.4) is 0 Å². The average molecular weight is 427 g/mol. The van der Waals surface area contributed by atoms with Crippen LogP contribution in [0.1, 0.15) is 37.7 Å². The van der Waals surface area contributed by atoms with Crippen LogP contribution in [0.5, 0.6) is 0 Å². The lowest BCUT2D eigenvalue weighted by molar-refractivity contribution is 0.462. The molecule has 2 N–H and O–H groups in total. The summed E-state index contributed by atoms with van der Waals surface area (Å²) in [6.45, 7) is 0.606. The van der Waals surface area contributed by atoms with Crippen LogP contribution < -0.4 is 10.6 Å². The van der Waals surface area contributed by atoms with E-state index in [1.807, 2.05) is 48.5 Å². The second kappa shape index (κ2) is 9.47. The van der Waals surface area contributed by atoms with Crippen LogP contribution in [0.4, 0.5) is 11.6 Å². The Bertz CT molecular complexity index is 971. The molecule has 1 saturated carbocycles. The molecule has 1 aliphatic rings. The smallest absolute Gasteiger partial charge is 0.126 e. The molecule has 2 aromatic heterocycles. The number of aromatic nitrogens is 2. The fraction of sp³-hybridized carbons (Fsp3) is 0.304. The van der Waals surface area contributed by atoms with Crippen molar-refractivity contribution >= 4 is 34.8 Å². The first kappa shape index (κ1) is 20.0. The Hall–Kier alpha value is -2.30. The standard InChI is InChI=1S/C23H24Cl2N4/c24-19-10-5-4-7-16(19)14-26-22-12-6-11-21(29-22)18-13-23(27-15-20(18)25)28-17-8-2-1-3-9-17/h4-7,10-13,15,17H,1-3,8-9,14H2,(H,26,29)(H,27,28). The first-order chi connectivity index (χ1) is 14.2. The molecule has 150 valence electrons. The van der Waals surface area contributed by atoms with Gasteiger partial charge in [0.05, 0.1) is 10.7 Å². The van der Waals surface area contributed by atoms with Crippen LogP contribution in [0.25, 0.3) is 11.3 Å². The highest BCUT2D eigenvalue weighted by atomic mass is 35.5. The molecule has 0 amide bonds. The molecule has 1 aliphatic carbocycles. The topological polar surface area (TPSA) is 49.8 Å². The number of rotatable bonds is 6. The molecule has 0 unspecified atom stereocenters. The summed E-state index contributed by atoms with van der Waals surface area (Å²) in [5.41, 5.74) is 2.72. The molecule has 3 aromatic rings. The molecule has 0 bridgehead atoms. The van der Waals surface area contributed by atoms with Gasteiger partial charge in [-0.15, -0.1) is 0 Å². The van der Waals surface area contributed by atoms with Crippen LogP contribution in [0, 0.1) is 0 Å². The van der Waals surface area contributed by atoms with Crippen molar-refractivity contribution in [1.29, 1.82) is 0 Å². The van der Waals surface area contributed by atoms with Gasteiger partial charge in [0, 0.05) is 29.4 Å². The number of anilines is 2. The third-order valence-corrected chi connectivity index (χ3v) is 5.93.